The normalized spacial score (nSPS) is 15.1. The SMILES string of the molecule is O=C(CCc1ccc(-c2ccccc2)[nH]1)N1CCN(S(=O)(=O)c2cccc(Cl)c2Cl)CC1. The van der Waals surface area contributed by atoms with Gasteiger partial charge in [0.05, 0.1) is 10.0 Å². The highest BCUT2D eigenvalue weighted by Crippen LogP contribution is 2.31. The van der Waals surface area contributed by atoms with Crippen molar-refractivity contribution in [3.05, 3.63) is 76.4 Å². The molecule has 4 rings (SSSR count). The summed E-state index contributed by atoms with van der Waals surface area (Å²) in [6, 6.07) is 18.6. The number of benzene rings is 2. The standard InChI is InChI=1S/C23H23Cl2N3O3S/c24-19-7-4-8-21(23(19)25)32(30,31)28-15-13-27(14-16-28)22(29)12-10-18-9-11-20(26-18)17-5-2-1-3-6-17/h1-9,11,26H,10,12-16H2. The number of aromatic amines is 1. The van der Waals surface area contributed by atoms with Gasteiger partial charge < -0.3 is 9.88 Å². The van der Waals surface area contributed by atoms with Crippen molar-refractivity contribution in [1.29, 1.82) is 0 Å². The zero-order chi connectivity index (χ0) is 22.7. The number of carbonyl (C=O) groups is 1. The van der Waals surface area contributed by atoms with Crippen molar-refractivity contribution in [1.82, 2.24) is 14.2 Å². The number of rotatable bonds is 6. The first kappa shape index (κ1) is 22.9. The summed E-state index contributed by atoms with van der Waals surface area (Å²) >= 11 is 12.1. The maximum Gasteiger partial charge on any atom is 0.244 e. The van der Waals surface area contributed by atoms with E-state index in [0.29, 0.717) is 25.9 Å². The summed E-state index contributed by atoms with van der Waals surface area (Å²) in [5.74, 6) is 0.0127. The zero-order valence-electron chi connectivity index (χ0n) is 17.3. The number of nitrogens with one attached hydrogen (secondary N) is 1. The van der Waals surface area contributed by atoms with Crippen molar-refractivity contribution in [2.75, 3.05) is 26.2 Å². The van der Waals surface area contributed by atoms with Crippen LogP contribution in [0.1, 0.15) is 12.1 Å². The van der Waals surface area contributed by atoms with Crippen molar-refractivity contribution in [2.45, 2.75) is 17.7 Å². The van der Waals surface area contributed by atoms with E-state index in [9.17, 15) is 13.2 Å². The molecule has 9 heteroatoms. The zero-order valence-corrected chi connectivity index (χ0v) is 19.6. The minimum absolute atomic E-state index is 0.00703. The lowest BCUT2D eigenvalue weighted by atomic mass is 10.2. The van der Waals surface area contributed by atoms with Gasteiger partial charge in [-0.1, -0.05) is 59.6 Å². The molecule has 1 aliphatic heterocycles. The van der Waals surface area contributed by atoms with Crippen LogP contribution in [0, 0.1) is 0 Å². The average molecular weight is 492 g/mol. The highest BCUT2D eigenvalue weighted by Gasteiger charge is 2.31. The Morgan fingerprint density at radius 1 is 0.906 bits per heavy atom. The van der Waals surface area contributed by atoms with E-state index >= 15 is 0 Å². The number of amides is 1. The molecule has 0 spiro atoms. The van der Waals surface area contributed by atoms with Crippen LogP contribution in [0.2, 0.25) is 10.0 Å². The molecule has 32 heavy (non-hydrogen) atoms. The molecule has 3 aromatic rings. The fraction of sp³-hybridized carbons (Fsp3) is 0.261. The Labute approximate surface area is 197 Å². The maximum absolute atomic E-state index is 12.9. The molecule has 0 bridgehead atoms. The minimum Gasteiger partial charge on any atom is -0.358 e. The van der Waals surface area contributed by atoms with Crippen LogP contribution >= 0.6 is 23.2 Å². The molecule has 0 radical (unpaired) electrons. The van der Waals surface area contributed by atoms with Crippen molar-refractivity contribution in [3.63, 3.8) is 0 Å². The molecule has 0 unspecified atom stereocenters. The van der Waals surface area contributed by atoms with E-state index in [-0.39, 0.29) is 33.9 Å². The summed E-state index contributed by atoms with van der Waals surface area (Å²) in [6.07, 6.45) is 0.962. The first-order valence-electron chi connectivity index (χ1n) is 10.3. The maximum atomic E-state index is 12.9. The predicted molar refractivity (Wildman–Crippen MR) is 126 cm³/mol. The van der Waals surface area contributed by atoms with Crippen LogP contribution in [0.15, 0.2) is 65.6 Å². The van der Waals surface area contributed by atoms with Crippen molar-refractivity contribution in [3.8, 4) is 11.3 Å². The second-order valence-electron chi connectivity index (χ2n) is 7.60. The van der Waals surface area contributed by atoms with Crippen molar-refractivity contribution >= 4 is 39.1 Å². The summed E-state index contributed by atoms with van der Waals surface area (Å²) in [4.78, 5) is 17.7. The van der Waals surface area contributed by atoms with Gasteiger partial charge in [-0.25, -0.2) is 8.42 Å². The molecule has 1 aliphatic rings. The largest absolute Gasteiger partial charge is 0.358 e. The molecule has 1 saturated heterocycles. The Morgan fingerprint density at radius 2 is 1.62 bits per heavy atom. The second-order valence-corrected chi connectivity index (χ2v) is 10.3. The van der Waals surface area contributed by atoms with E-state index in [0.717, 1.165) is 17.0 Å². The van der Waals surface area contributed by atoms with E-state index in [1.54, 1.807) is 17.0 Å². The molecular formula is C23H23Cl2N3O3S. The molecule has 0 atom stereocenters. The van der Waals surface area contributed by atoms with Crippen LogP contribution in [0.5, 0.6) is 0 Å². The van der Waals surface area contributed by atoms with Gasteiger partial charge in [-0.3, -0.25) is 4.79 Å². The fourth-order valence-corrected chi connectivity index (χ4v) is 5.93. The number of carbonyl (C=O) groups excluding carboxylic acids is 1. The molecule has 1 amide bonds. The number of piperazine rings is 1. The van der Waals surface area contributed by atoms with Crippen LogP contribution in [-0.2, 0) is 21.2 Å². The van der Waals surface area contributed by atoms with Gasteiger partial charge in [0.25, 0.3) is 0 Å². The molecule has 1 aromatic heterocycles. The van der Waals surface area contributed by atoms with Gasteiger partial charge >= 0.3 is 0 Å². The number of halogens is 2. The van der Waals surface area contributed by atoms with Crippen LogP contribution in [-0.4, -0.2) is 54.7 Å². The highest BCUT2D eigenvalue weighted by atomic mass is 35.5. The van der Waals surface area contributed by atoms with Gasteiger partial charge in [0, 0.05) is 44.0 Å². The van der Waals surface area contributed by atoms with Gasteiger partial charge in [-0.05, 0) is 36.2 Å². The summed E-state index contributed by atoms with van der Waals surface area (Å²) < 4.78 is 27.2. The number of nitrogens with zero attached hydrogens (tertiary/aromatic N) is 2. The second kappa shape index (κ2) is 9.67. The number of sulfonamides is 1. The Kier molecular flexibility index (Phi) is 6.90. The van der Waals surface area contributed by atoms with Gasteiger partial charge in [-0.15, -0.1) is 0 Å². The van der Waals surface area contributed by atoms with Crippen molar-refractivity contribution < 1.29 is 13.2 Å². The van der Waals surface area contributed by atoms with Gasteiger partial charge in [-0.2, -0.15) is 4.31 Å². The Morgan fingerprint density at radius 3 is 2.34 bits per heavy atom. The topological polar surface area (TPSA) is 73.5 Å². The Balaban J connectivity index is 1.32. The van der Waals surface area contributed by atoms with Crippen LogP contribution < -0.4 is 0 Å². The lowest BCUT2D eigenvalue weighted by molar-refractivity contribution is -0.132. The number of aromatic nitrogens is 1. The molecule has 0 aliphatic carbocycles. The van der Waals surface area contributed by atoms with E-state index in [1.165, 1.54) is 10.4 Å². The Hall–Kier alpha value is -2.32. The Bertz CT molecular complexity index is 1200. The van der Waals surface area contributed by atoms with Gasteiger partial charge in [0.2, 0.25) is 15.9 Å². The molecule has 2 heterocycles. The number of hydrogen-bond acceptors (Lipinski definition) is 3. The summed E-state index contributed by atoms with van der Waals surface area (Å²) in [5.41, 5.74) is 3.11. The third-order valence-electron chi connectivity index (χ3n) is 5.56. The number of hydrogen-bond donors (Lipinski definition) is 1. The number of aryl methyl sites for hydroxylation is 1. The summed E-state index contributed by atoms with van der Waals surface area (Å²) in [5, 5.41) is 0.217. The molecule has 1 fully saturated rings. The molecule has 0 saturated carbocycles. The summed E-state index contributed by atoms with van der Waals surface area (Å²) in [7, 11) is -3.77. The van der Waals surface area contributed by atoms with E-state index in [4.69, 9.17) is 23.2 Å². The molecule has 168 valence electrons. The van der Waals surface area contributed by atoms with E-state index in [1.807, 2.05) is 42.5 Å². The predicted octanol–water partition coefficient (Wildman–Crippen LogP) is 4.45. The average Bonchev–Trinajstić information content (AvgIpc) is 3.29. The third-order valence-corrected chi connectivity index (χ3v) is 8.44. The smallest absolute Gasteiger partial charge is 0.244 e. The molecule has 6 nitrogen and oxygen atoms in total. The highest BCUT2D eigenvalue weighted by molar-refractivity contribution is 7.89. The molecular weight excluding hydrogens is 469 g/mol. The molecule has 2 aromatic carbocycles. The van der Waals surface area contributed by atoms with E-state index in [2.05, 4.69) is 4.98 Å². The fourth-order valence-electron chi connectivity index (χ4n) is 3.77. The van der Waals surface area contributed by atoms with Crippen LogP contribution in [0.25, 0.3) is 11.3 Å². The van der Waals surface area contributed by atoms with Crippen LogP contribution in [0.4, 0.5) is 0 Å². The number of H-pyrrole nitrogens is 1. The first-order chi connectivity index (χ1) is 15.4. The quantitative estimate of drug-likeness (QED) is 0.553. The van der Waals surface area contributed by atoms with Crippen LogP contribution in [0.3, 0.4) is 0 Å². The minimum atomic E-state index is -3.77. The van der Waals surface area contributed by atoms with E-state index < -0.39 is 10.0 Å². The van der Waals surface area contributed by atoms with Crippen molar-refractivity contribution in [2.24, 2.45) is 0 Å². The first-order valence-corrected chi connectivity index (χ1v) is 12.5. The summed E-state index contributed by atoms with van der Waals surface area (Å²) in [6.45, 7) is 1.13. The lowest BCUT2D eigenvalue weighted by Crippen LogP contribution is -2.50. The van der Waals surface area contributed by atoms with Gasteiger partial charge in [0.15, 0.2) is 0 Å². The van der Waals surface area contributed by atoms with Gasteiger partial charge in [0.1, 0.15) is 4.90 Å². The monoisotopic (exact) mass is 491 g/mol. The molecule has 1 N–H and O–H groups in total. The lowest BCUT2D eigenvalue weighted by Gasteiger charge is -2.34. The third kappa shape index (κ3) is 4.86.